The van der Waals surface area contributed by atoms with Crippen molar-refractivity contribution in [2.24, 2.45) is 0 Å². The summed E-state index contributed by atoms with van der Waals surface area (Å²) in [6.07, 6.45) is 5.22. The van der Waals surface area contributed by atoms with Gasteiger partial charge < -0.3 is 4.74 Å². The maximum Gasteiger partial charge on any atom is 0.259 e. The molecule has 19 heavy (non-hydrogen) atoms. The van der Waals surface area contributed by atoms with Crippen LogP contribution in [0.2, 0.25) is 0 Å². The van der Waals surface area contributed by atoms with Crippen LogP contribution in [0, 0.1) is 5.82 Å². The minimum Gasteiger partial charge on any atom is -0.470 e. The molecule has 0 unspecified atom stereocenters. The highest BCUT2D eigenvalue weighted by atomic mass is 79.9. The topological polar surface area (TPSA) is 39.4 Å². The molecule has 0 fully saturated rings. The number of fused-ring (bicyclic) bond motifs is 1. The van der Waals surface area contributed by atoms with Crippen LogP contribution in [0.25, 0.3) is 5.65 Å². The summed E-state index contributed by atoms with van der Waals surface area (Å²) >= 11 is 3.29. The van der Waals surface area contributed by atoms with E-state index in [2.05, 4.69) is 25.9 Å². The third-order valence-electron chi connectivity index (χ3n) is 2.64. The smallest absolute Gasteiger partial charge is 0.259 e. The summed E-state index contributed by atoms with van der Waals surface area (Å²) in [5, 5.41) is 0. The lowest BCUT2D eigenvalue weighted by Crippen LogP contribution is -2.02. The van der Waals surface area contributed by atoms with Crippen LogP contribution >= 0.6 is 15.9 Å². The number of rotatable bonds is 3. The molecule has 0 amide bonds. The summed E-state index contributed by atoms with van der Waals surface area (Å²) in [5.74, 6) is 0.0690. The Morgan fingerprint density at radius 3 is 3.00 bits per heavy atom. The van der Waals surface area contributed by atoms with Crippen molar-refractivity contribution in [3.63, 3.8) is 0 Å². The molecule has 0 spiro atoms. The van der Waals surface area contributed by atoms with E-state index in [4.69, 9.17) is 4.74 Å². The fraction of sp³-hybridized carbons (Fsp3) is 0.0769. The van der Waals surface area contributed by atoms with Crippen LogP contribution in [0.15, 0.2) is 47.5 Å². The van der Waals surface area contributed by atoms with Gasteiger partial charge in [-0.2, -0.15) is 0 Å². The summed E-state index contributed by atoms with van der Waals surface area (Å²) in [6.45, 7) is 0.110. The lowest BCUT2D eigenvalue weighted by atomic mass is 10.2. The van der Waals surface area contributed by atoms with Gasteiger partial charge in [-0.1, -0.05) is 18.2 Å². The molecule has 2 heterocycles. The predicted molar refractivity (Wildman–Crippen MR) is 71.4 cm³/mol. The molecule has 0 aliphatic rings. The Bertz CT molecular complexity index is 729. The lowest BCUT2D eigenvalue weighted by molar-refractivity contribution is 0.289. The van der Waals surface area contributed by atoms with Gasteiger partial charge in [0.25, 0.3) is 5.88 Å². The molecular weight excluding hydrogens is 313 g/mol. The number of hydrogen-bond donors (Lipinski definition) is 0. The molecule has 3 rings (SSSR count). The van der Waals surface area contributed by atoms with Crippen LogP contribution in [-0.4, -0.2) is 14.4 Å². The lowest BCUT2D eigenvalue weighted by Gasteiger charge is -2.07. The average Bonchev–Trinajstić information content (AvgIpc) is 2.85. The fourth-order valence-corrected chi connectivity index (χ4v) is 2.11. The van der Waals surface area contributed by atoms with Gasteiger partial charge in [0.15, 0.2) is 0 Å². The largest absolute Gasteiger partial charge is 0.470 e. The molecule has 3 aromatic rings. The van der Waals surface area contributed by atoms with Crippen LogP contribution in [0.4, 0.5) is 4.39 Å². The molecule has 0 atom stereocenters. The number of hydrogen-bond acceptors (Lipinski definition) is 3. The Morgan fingerprint density at radius 2 is 2.16 bits per heavy atom. The van der Waals surface area contributed by atoms with Crippen molar-refractivity contribution >= 4 is 21.6 Å². The third-order valence-corrected chi connectivity index (χ3v) is 3.02. The third kappa shape index (κ3) is 2.44. The molecule has 0 saturated carbocycles. The minimum absolute atomic E-state index is 0.110. The molecule has 0 aliphatic carbocycles. The highest BCUT2D eigenvalue weighted by Gasteiger charge is 2.09. The van der Waals surface area contributed by atoms with Crippen molar-refractivity contribution in [3.05, 3.63) is 58.8 Å². The van der Waals surface area contributed by atoms with E-state index in [0.29, 0.717) is 21.7 Å². The average molecular weight is 322 g/mol. The minimum atomic E-state index is -0.295. The van der Waals surface area contributed by atoms with E-state index in [1.807, 2.05) is 0 Å². The van der Waals surface area contributed by atoms with Gasteiger partial charge in [-0.15, -0.1) is 0 Å². The van der Waals surface area contributed by atoms with Gasteiger partial charge >= 0.3 is 0 Å². The number of aromatic nitrogens is 3. The zero-order valence-corrected chi connectivity index (χ0v) is 11.3. The van der Waals surface area contributed by atoms with Crippen LogP contribution in [0.5, 0.6) is 5.88 Å². The first kappa shape index (κ1) is 12.1. The molecule has 1 aromatic carbocycles. The molecule has 2 aromatic heterocycles. The first-order valence-electron chi connectivity index (χ1n) is 5.59. The Balaban J connectivity index is 1.90. The van der Waals surface area contributed by atoms with E-state index in [1.54, 1.807) is 41.2 Å². The maximum absolute atomic E-state index is 13.5. The first-order chi connectivity index (χ1) is 9.24. The van der Waals surface area contributed by atoms with E-state index in [9.17, 15) is 4.39 Å². The van der Waals surface area contributed by atoms with E-state index < -0.39 is 0 Å². The summed E-state index contributed by atoms with van der Waals surface area (Å²) in [5.41, 5.74) is 1.08. The summed E-state index contributed by atoms with van der Waals surface area (Å²) in [7, 11) is 0. The molecule has 0 aliphatic heterocycles. The highest BCUT2D eigenvalue weighted by Crippen LogP contribution is 2.20. The van der Waals surface area contributed by atoms with Crippen molar-refractivity contribution in [1.82, 2.24) is 14.4 Å². The van der Waals surface area contributed by atoms with Crippen molar-refractivity contribution in [1.29, 1.82) is 0 Å². The number of ether oxygens (including phenoxy) is 1. The van der Waals surface area contributed by atoms with Gasteiger partial charge in [0.05, 0.1) is 0 Å². The molecular formula is C13H9BrFN3O. The summed E-state index contributed by atoms with van der Waals surface area (Å²) in [6, 6.07) is 6.48. The summed E-state index contributed by atoms with van der Waals surface area (Å²) in [4.78, 5) is 8.36. The zero-order valence-electron chi connectivity index (χ0n) is 9.75. The van der Waals surface area contributed by atoms with Gasteiger partial charge in [-0.05, 0) is 22.0 Å². The van der Waals surface area contributed by atoms with Crippen LogP contribution in [-0.2, 0) is 6.61 Å². The normalized spacial score (nSPS) is 10.8. The second-order valence-electron chi connectivity index (χ2n) is 3.91. The van der Waals surface area contributed by atoms with Crippen molar-refractivity contribution in [2.45, 2.75) is 6.61 Å². The molecule has 0 radical (unpaired) electrons. The quantitative estimate of drug-likeness (QED) is 0.743. The number of nitrogens with zero attached hydrogens (tertiary/aromatic N) is 3. The Hall–Kier alpha value is -1.95. The Labute approximate surface area is 117 Å². The molecule has 6 heteroatoms. The van der Waals surface area contributed by atoms with Crippen molar-refractivity contribution in [3.8, 4) is 5.88 Å². The SMILES string of the molecule is Fc1ccccc1COc1nc(Br)cn2ccnc12. The number of imidazole rings is 1. The second-order valence-corrected chi connectivity index (χ2v) is 4.72. The van der Waals surface area contributed by atoms with Gasteiger partial charge in [0.2, 0.25) is 5.65 Å². The number of halogens is 2. The summed E-state index contributed by atoms with van der Waals surface area (Å²) < 4.78 is 21.5. The first-order valence-corrected chi connectivity index (χ1v) is 6.39. The Kier molecular flexibility index (Phi) is 3.16. The maximum atomic E-state index is 13.5. The van der Waals surface area contributed by atoms with Gasteiger partial charge in [0.1, 0.15) is 17.0 Å². The molecule has 4 nitrogen and oxygen atoms in total. The van der Waals surface area contributed by atoms with E-state index >= 15 is 0 Å². The highest BCUT2D eigenvalue weighted by molar-refractivity contribution is 9.10. The van der Waals surface area contributed by atoms with E-state index in [-0.39, 0.29) is 12.4 Å². The standard InChI is InChI=1S/C13H9BrFN3O/c14-11-7-18-6-5-16-12(18)13(17-11)19-8-9-3-1-2-4-10(9)15/h1-7H,8H2. The zero-order chi connectivity index (χ0) is 13.2. The predicted octanol–water partition coefficient (Wildman–Crippen LogP) is 3.21. The fourth-order valence-electron chi connectivity index (χ4n) is 1.73. The van der Waals surface area contributed by atoms with Gasteiger partial charge in [-0.25, -0.2) is 14.4 Å². The van der Waals surface area contributed by atoms with Crippen LogP contribution < -0.4 is 4.74 Å². The van der Waals surface area contributed by atoms with Gasteiger partial charge in [-0.3, -0.25) is 4.40 Å². The molecule has 96 valence electrons. The molecule has 0 N–H and O–H groups in total. The van der Waals surface area contributed by atoms with Crippen molar-refractivity contribution < 1.29 is 9.13 Å². The van der Waals surface area contributed by atoms with Crippen molar-refractivity contribution in [2.75, 3.05) is 0 Å². The van der Waals surface area contributed by atoms with E-state index in [1.165, 1.54) is 6.07 Å². The Morgan fingerprint density at radius 1 is 1.32 bits per heavy atom. The van der Waals surface area contributed by atoms with Crippen LogP contribution in [0.3, 0.4) is 0 Å². The molecule has 0 bridgehead atoms. The monoisotopic (exact) mass is 321 g/mol. The van der Waals surface area contributed by atoms with E-state index in [0.717, 1.165) is 0 Å². The second kappa shape index (κ2) is 4.97. The number of benzene rings is 1. The van der Waals surface area contributed by atoms with Gasteiger partial charge in [0, 0.05) is 24.2 Å². The molecule has 0 saturated heterocycles. The van der Waals surface area contributed by atoms with Crippen LogP contribution in [0.1, 0.15) is 5.56 Å².